The maximum Gasteiger partial charge on any atom is 0.379 e. The highest BCUT2D eigenvalue weighted by atomic mass is 16.5. The predicted octanol–water partition coefficient (Wildman–Crippen LogP) is 5.44. The van der Waals surface area contributed by atoms with Crippen molar-refractivity contribution in [3.63, 3.8) is 0 Å². The number of nitrogens with zero attached hydrogens (tertiary/aromatic N) is 1. The summed E-state index contributed by atoms with van der Waals surface area (Å²) in [6.07, 6.45) is 2.13. The lowest BCUT2D eigenvalue weighted by Crippen LogP contribution is -2.22. The van der Waals surface area contributed by atoms with Crippen molar-refractivity contribution >= 4 is 28.4 Å². The Morgan fingerprint density at radius 2 is 1.74 bits per heavy atom. The summed E-state index contributed by atoms with van der Waals surface area (Å²) in [7, 11) is 1.51. The van der Waals surface area contributed by atoms with Gasteiger partial charge in [-0.3, -0.25) is 4.79 Å². The molecule has 0 radical (unpaired) electrons. The van der Waals surface area contributed by atoms with Crippen molar-refractivity contribution < 1.29 is 23.5 Å². The maximum atomic E-state index is 13.0. The molecule has 0 bridgehead atoms. The molecule has 0 unspecified atom stereocenters. The molecule has 1 heterocycles. The monoisotopic (exact) mass is 468 g/mol. The van der Waals surface area contributed by atoms with Crippen LogP contribution in [-0.2, 0) is 6.42 Å². The third kappa shape index (κ3) is 4.40. The lowest BCUT2D eigenvalue weighted by molar-refractivity contribution is 0.0698. The molecule has 7 nitrogen and oxygen atoms in total. The van der Waals surface area contributed by atoms with Crippen molar-refractivity contribution in [2.24, 2.45) is 5.10 Å². The number of carbonyl (C=O) groups excluding carboxylic acids is 2. The first-order valence-corrected chi connectivity index (χ1v) is 11.4. The molecule has 1 aliphatic carbocycles. The first-order valence-electron chi connectivity index (χ1n) is 11.4. The van der Waals surface area contributed by atoms with Crippen LogP contribution in [0, 0.1) is 6.92 Å². The van der Waals surface area contributed by atoms with Crippen LogP contribution in [0.5, 0.6) is 11.5 Å². The van der Waals surface area contributed by atoms with Gasteiger partial charge in [0.2, 0.25) is 5.76 Å². The standard InChI is InChI=1S/C28H24N2O5/c1-17-25-22(29-30-27(31)21-10-5-6-12-23(21)33-2)11-7-13-24(25)35-26(17)28(32)34-20-15-14-18-8-3-4-9-19(18)16-20/h3-6,8-10,12,14-16H,7,11,13H2,1-2H3,(H,30,31)/b29-22+. The summed E-state index contributed by atoms with van der Waals surface area (Å²) in [6, 6.07) is 20.3. The number of para-hydroxylation sites is 1. The fourth-order valence-electron chi connectivity index (χ4n) is 4.37. The highest BCUT2D eigenvalue weighted by Crippen LogP contribution is 2.31. The molecule has 1 amide bonds. The van der Waals surface area contributed by atoms with Gasteiger partial charge < -0.3 is 13.9 Å². The van der Waals surface area contributed by atoms with Crippen LogP contribution in [0.2, 0.25) is 0 Å². The van der Waals surface area contributed by atoms with Gasteiger partial charge in [0, 0.05) is 17.5 Å². The fourth-order valence-corrected chi connectivity index (χ4v) is 4.37. The highest BCUT2D eigenvalue weighted by Gasteiger charge is 2.29. The second-order valence-electron chi connectivity index (χ2n) is 8.31. The van der Waals surface area contributed by atoms with Crippen LogP contribution in [0.3, 0.4) is 0 Å². The zero-order valence-corrected chi connectivity index (χ0v) is 19.5. The van der Waals surface area contributed by atoms with Crippen molar-refractivity contribution in [2.45, 2.75) is 26.2 Å². The van der Waals surface area contributed by atoms with Crippen LogP contribution >= 0.6 is 0 Å². The Morgan fingerprint density at radius 1 is 0.971 bits per heavy atom. The SMILES string of the molecule is COc1ccccc1C(=O)N/N=C1\CCCc2oc(C(=O)Oc3ccc4ccccc4c3)c(C)c21. The third-order valence-electron chi connectivity index (χ3n) is 6.09. The lowest BCUT2D eigenvalue weighted by Gasteiger charge is -2.14. The Kier molecular flexibility index (Phi) is 6.06. The van der Waals surface area contributed by atoms with Crippen LogP contribution in [0.4, 0.5) is 0 Å². The molecular formula is C28H24N2O5. The van der Waals surface area contributed by atoms with Gasteiger partial charge in [-0.2, -0.15) is 5.10 Å². The Morgan fingerprint density at radius 3 is 2.57 bits per heavy atom. The van der Waals surface area contributed by atoms with Crippen molar-refractivity contribution in [3.05, 3.63) is 94.9 Å². The average molecular weight is 469 g/mol. The molecule has 1 N–H and O–H groups in total. The number of hydrogen-bond donors (Lipinski definition) is 1. The molecule has 176 valence electrons. The van der Waals surface area contributed by atoms with Crippen LogP contribution in [-0.4, -0.2) is 24.7 Å². The first-order chi connectivity index (χ1) is 17.0. The van der Waals surface area contributed by atoms with Gasteiger partial charge in [-0.25, -0.2) is 10.2 Å². The minimum atomic E-state index is -0.565. The molecule has 35 heavy (non-hydrogen) atoms. The molecule has 0 atom stereocenters. The zero-order chi connectivity index (χ0) is 24.4. The van der Waals surface area contributed by atoms with E-state index < -0.39 is 5.97 Å². The Labute approximate surface area is 202 Å². The number of ether oxygens (including phenoxy) is 2. The first kappa shape index (κ1) is 22.4. The van der Waals surface area contributed by atoms with Crippen LogP contribution in [0.25, 0.3) is 10.8 Å². The summed E-state index contributed by atoms with van der Waals surface area (Å²) in [6.45, 7) is 1.81. The minimum absolute atomic E-state index is 0.147. The predicted molar refractivity (Wildman–Crippen MR) is 132 cm³/mol. The summed E-state index contributed by atoms with van der Waals surface area (Å²) < 4.78 is 16.8. The van der Waals surface area contributed by atoms with Crippen molar-refractivity contribution in [3.8, 4) is 11.5 Å². The second kappa shape index (κ2) is 9.46. The van der Waals surface area contributed by atoms with Crippen molar-refractivity contribution in [1.29, 1.82) is 0 Å². The fraction of sp³-hybridized carbons (Fsp3) is 0.179. The molecule has 7 heteroatoms. The number of carbonyl (C=O) groups is 2. The third-order valence-corrected chi connectivity index (χ3v) is 6.09. The van der Waals surface area contributed by atoms with Gasteiger partial charge in [-0.15, -0.1) is 0 Å². The Balaban J connectivity index is 1.38. The summed E-state index contributed by atoms with van der Waals surface area (Å²) in [4.78, 5) is 25.7. The number of hydrazone groups is 1. The number of hydrogen-bond acceptors (Lipinski definition) is 6. The number of nitrogens with one attached hydrogen (secondary N) is 1. The molecule has 0 aliphatic heterocycles. The quantitative estimate of drug-likeness (QED) is 0.239. The molecule has 1 aromatic heterocycles. The van der Waals surface area contributed by atoms with Gasteiger partial charge in [0.05, 0.1) is 18.4 Å². The van der Waals surface area contributed by atoms with E-state index in [1.54, 1.807) is 30.3 Å². The van der Waals surface area contributed by atoms with E-state index in [4.69, 9.17) is 13.9 Å². The number of fused-ring (bicyclic) bond motifs is 2. The zero-order valence-electron chi connectivity index (χ0n) is 19.5. The largest absolute Gasteiger partial charge is 0.496 e. The number of methoxy groups -OCH3 is 1. The smallest absolute Gasteiger partial charge is 0.379 e. The Bertz CT molecular complexity index is 1470. The van der Waals surface area contributed by atoms with E-state index in [1.807, 2.05) is 43.3 Å². The van der Waals surface area contributed by atoms with E-state index >= 15 is 0 Å². The van der Waals surface area contributed by atoms with E-state index in [9.17, 15) is 9.59 Å². The molecule has 0 saturated heterocycles. The number of esters is 1. The van der Waals surface area contributed by atoms with Crippen LogP contribution in [0.1, 0.15) is 50.6 Å². The highest BCUT2D eigenvalue weighted by molar-refractivity contribution is 6.07. The van der Waals surface area contributed by atoms with Gasteiger partial charge in [-0.1, -0.05) is 42.5 Å². The van der Waals surface area contributed by atoms with E-state index in [-0.39, 0.29) is 11.7 Å². The lowest BCUT2D eigenvalue weighted by atomic mass is 9.93. The summed E-state index contributed by atoms with van der Waals surface area (Å²) in [5.74, 6) is 0.787. The maximum absolute atomic E-state index is 13.0. The average Bonchev–Trinajstić information content (AvgIpc) is 3.24. The molecule has 5 rings (SSSR count). The number of rotatable bonds is 5. The number of benzene rings is 3. The minimum Gasteiger partial charge on any atom is -0.496 e. The summed E-state index contributed by atoms with van der Waals surface area (Å²) in [5, 5.41) is 6.42. The van der Waals surface area contributed by atoms with E-state index in [1.165, 1.54) is 7.11 Å². The van der Waals surface area contributed by atoms with Gasteiger partial charge in [0.25, 0.3) is 5.91 Å². The van der Waals surface area contributed by atoms with Gasteiger partial charge in [0.15, 0.2) is 0 Å². The molecule has 3 aromatic carbocycles. The van der Waals surface area contributed by atoms with Gasteiger partial charge in [-0.05, 0) is 54.8 Å². The molecular weight excluding hydrogens is 444 g/mol. The number of amides is 1. The topological polar surface area (TPSA) is 90.1 Å². The normalized spacial score (nSPS) is 13.9. The van der Waals surface area contributed by atoms with Crippen molar-refractivity contribution in [2.75, 3.05) is 7.11 Å². The van der Waals surface area contributed by atoms with E-state index in [2.05, 4.69) is 10.5 Å². The Hall–Kier alpha value is -4.39. The molecule has 0 spiro atoms. The number of furan rings is 1. The summed E-state index contributed by atoms with van der Waals surface area (Å²) >= 11 is 0. The van der Waals surface area contributed by atoms with Crippen molar-refractivity contribution in [1.82, 2.24) is 5.43 Å². The summed E-state index contributed by atoms with van der Waals surface area (Å²) in [5.41, 5.74) is 5.07. The van der Waals surface area contributed by atoms with E-state index in [0.29, 0.717) is 46.9 Å². The molecule has 0 saturated carbocycles. The van der Waals surface area contributed by atoms with Gasteiger partial charge in [0.1, 0.15) is 17.3 Å². The van der Waals surface area contributed by atoms with Crippen LogP contribution < -0.4 is 14.9 Å². The number of aryl methyl sites for hydroxylation is 1. The second-order valence-corrected chi connectivity index (χ2v) is 8.31. The molecule has 0 fully saturated rings. The molecule has 4 aromatic rings. The van der Waals surface area contributed by atoms with Gasteiger partial charge >= 0.3 is 5.97 Å². The molecule has 1 aliphatic rings. The van der Waals surface area contributed by atoms with Crippen LogP contribution in [0.15, 0.2) is 76.2 Å². The van der Waals surface area contributed by atoms with E-state index in [0.717, 1.165) is 22.8 Å².